The Kier molecular flexibility index (Phi) is 7.51. The van der Waals surface area contributed by atoms with Crippen LogP contribution in [-0.2, 0) is 0 Å². The third kappa shape index (κ3) is 5.29. The number of benzene rings is 1. The van der Waals surface area contributed by atoms with Gasteiger partial charge in [-0.05, 0) is 56.6 Å². The first kappa shape index (κ1) is 18.4. The minimum atomic E-state index is -0.267. The number of rotatable bonds is 9. The third-order valence-corrected chi connectivity index (χ3v) is 6.66. The van der Waals surface area contributed by atoms with Crippen LogP contribution in [0.3, 0.4) is 0 Å². The normalized spacial score (nSPS) is 18.8. The summed E-state index contributed by atoms with van der Waals surface area (Å²) in [5, 5.41) is 12.6. The summed E-state index contributed by atoms with van der Waals surface area (Å²) >= 11 is 7.94. The number of alkyl halides is 1. The second kappa shape index (κ2) is 9.39. The average Bonchev–Trinajstić information content (AvgIpc) is 3.08. The molecule has 0 saturated heterocycles. The minimum Gasteiger partial charge on any atom is -0.411 e. The molecule has 2 nitrogen and oxygen atoms in total. The van der Waals surface area contributed by atoms with E-state index in [4.69, 9.17) is 11.6 Å². The molecule has 0 heterocycles. The Balaban J connectivity index is 2.11. The van der Waals surface area contributed by atoms with Gasteiger partial charge in [-0.15, -0.1) is 28.5 Å². The maximum Gasteiger partial charge on any atom is 0.0628 e. The fourth-order valence-electron chi connectivity index (χ4n) is 3.11. The molecule has 0 aromatic heterocycles. The van der Waals surface area contributed by atoms with Crippen molar-refractivity contribution in [1.29, 1.82) is 0 Å². The van der Waals surface area contributed by atoms with E-state index in [2.05, 4.69) is 30.3 Å². The van der Waals surface area contributed by atoms with E-state index >= 15 is 0 Å². The van der Waals surface area contributed by atoms with Gasteiger partial charge in [-0.2, -0.15) is 0 Å². The fourth-order valence-corrected chi connectivity index (χ4v) is 4.84. The molecule has 4 heteroatoms. The fraction of sp³-hybridized carbons (Fsp3) is 0.526. The van der Waals surface area contributed by atoms with E-state index in [-0.39, 0.29) is 10.7 Å². The van der Waals surface area contributed by atoms with Crippen LogP contribution < -0.4 is 0 Å². The van der Waals surface area contributed by atoms with Crippen molar-refractivity contribution in [2.45, 2.75) is 55.1 Å². The number of oxime groups is 1. The van der Waals surface area contributed by atoms with Crippen molar-refractivity contribution in [2.75, 3.05) is 5.88 Å². The highest BCUT2D eigenvalue weighted by Crippen LogP contribution is 2.42. The Bertz CT molecular complexity index is 531. The van der Waals surface area contributed by atoms with Gasteiger partial charge >= 0.3 is 0 Å². The van der Waals surface area contributed by atoms with E-state index in [1.165, 1.54) is 24.2 Å². The van der Waals surface area contributed by atoms with Gasteiger partial charge in [0.15, 0.2) is 0 Å². The van der Waals surface area contributed by atoms with E-state index in [0.29, 0.717) is 5.88 Å². The molecule has 1 N–H and O–H groups in total. The van der Waals surface area contributed by atoms with Gasteiger partial charge < -0.3 is 5.21 Å². The van der Waals surface area contributed by atoms with Crippen molar-refractivity contribution in [3.8, 4) is 0 Å². The molecule has 0 radical (unpaired) electrons. The predicted octanol–water partition coefficient (Wildman–Crippen LogP) is 6.13. The van der Waals surface area contributed by atoms with Crippen LogP contribution in [0.2, 0.25) is 0 Å². The van der Waals surface area contributed by atoms with Crippen molar-refractivity contribution in [2.24, 2.45) is 11.1 Å². The van der Waals surface area contributed by atoms with Crippen LogP contribution in [0.15, 0.2) is 52.0 Å². The maximum atomic E-state index is 9.24. The van der Waals surface area contributed by atoms with Gasteiger partial charge in [0.2, 0.25) is 0 Å². The summed E-state index contributed by atoms with van der Waals surface area (Å²) in [6, 6.07) is 10.3. The average molecular weight is 352 g/mol. The van der Waals surface area contributed by atoms with Crippen molar-refractivity contribution in [3.63, 3.8) is 0 Å². The van der Waals surface area contributed by atoms with E-state index in [9.17, 15) is 5.21 Å². The molecule has 1 unspecified atom stereocenters. The highest BCUT2D eigenvalue weighted by Gasteiger charge is 2.35. The maximum absolute atomic E-state index is 9.24. The quantitative estimate of drug-likeness (QED) is 0.145. The molecule has 1 aliphatic carbocycles. The molecule has 1 aliphatic rings. The molecule has 2 rings (SSSR count). The summed E-state index contributed by atoms with van der Waals surface area (Å²) in [7, 11) is 0. The predicted molar refractivity (Wildman–Crippen MR) is 101 cm³/mol. The molecule has 1 aromatic rings. The van der Waals surface area contributed by atoms with Crippen LogP contribution in [0.4, 0.5) is 0 Å². The Morgan fingerprint density at radius 1 is 1.39 bits per heavy atom. The van der Waals surface area contributed by atoms with Gasteiger partial charge in [0, 0.05) is 10.8 Å². The largest absolute Gasteiger partial charge is 0.411 e. The highest BCUT2D eigenvalue weighted by molar-refractivity contribution is 8.01. The summed E-state index contributed by atoms with van der Waals surface area (Å²) in [4.78, 5) is 1.18. The zero-order chi connectivity index (χ0) is 16.5. The summed E-state index contributed by atoms with van der Waals surface area (Å²) in [6.07, 6.45) is 11.1. The summed E-state index contributed by atoms with van der Waals surface area (Å²) < 4.78 is -0.267. The molecule has 0 bridgehead atoms. The zero-order valence-electron chi connectivity index (χ0n) is 13.7. The zero-order valence-corrected chi connectivity index (χ0v) is 15.3. The van der Waals surface area contributed by atoms with E-state index in [1.807, 2.05) is 18.2 Å². The van der Waals surface area contributed by atoms with Crippen LogP contribution in [0, 0.1) is 5.92 Å². The number of thioether (sulfide) groups is 1. The second-order valence-corrected chi connectivity index (χ2v) is 8.02. The topological polar surface area (TPSA) is 32.6 Å². The first-order chi connectivity index (χ1) is 11.2. The highest BCUT2D eigenvalue weighted by atomic mass is 35.5. The minimum absolute atomic E-state index is 0.225. The number of nitrogens with zero attached hydrogens (tertiary/aromatic N) is 1. The molecular formula is C19H26ClNOS. The van der Waals surface area contributed by atoms with Crippen molar-refractivity contribution in [1.82, 2.24) is 0 Å². The summed E-state index contributed by atoms with van der Waals surface area (Å²) in [5.41, 5.74) is 1.59. The number of halogens is 1. The van der Waals surface area contributed by atoms with E-state index in [1.54, 1.807) is 23.5 Å². The van der Waals surface area contributed by atoms with E-state index in [0.717, 1.165) is 19.3 Å². The number of hydrogen-bond acceptors (Lipinski definition) is 3. The molecule has 0 spiro atoms. The van der Waals surface area contributed by atoms with Crippen LogP contribution in [0.5, 0.6) is 0 Å². The molecule has 23 heavy (non-hydrogen) atoms. The van der Waals surface area contributed by atoms with Gasteiger partial charge in [0.05, 0.1) is 11.0 Å². The van der Waals surface area contributed by atoms with Gasteiger partial charge in [-0.1, -0.05) is 36.8 Å². The van der Waals surface area contributed by atoms with E-state index < -0.39 is 0 Å². The molecule has 0 amide bonds. The number of hydrogen-bond donors (Lipinski definition) is 1. The Morgan fingerprint density at radius 3 is 2.78 bits per heavy atom. The lowest BCUT2D eigenvalue weighted by atomic mass is 9.89. The second-order valence-electron chi connectivity index (χ2n) is 6.28. The van der Waals surface area contributed by atoms with Crippen molar-refractivity contribution >= 4 is 29.6 Å². The lowest BCUT2D eigenvalue weighted by Crippen LogP contribution is -2.36. The Hall–Kier alpha value is -0.930. The smallest absolute Gasteiger partial charge is 0.0628 e. The van der Waals surface area contributed by atoms with Crippen LogP contribution >= 0.6 is 23.4 Å². The van der Waals surface area contributed by atoms with Gasteiger partial charge in [-0.25, -0.2) is 0 Å². The molecule has 0 fully saturated rings. The van der Waals surface area contributed by atoms with Crippen molar-refractivity contribution in [3.05, 3.63) is 42.0 Å². The van der Waals surface area contributed by atoms with Crippen LogP contribution in [0.1, 0.15) is 45.4 Å². The van der Waals surface area contributed by atoms with Crippen molar-refractivity contribution < 1.29 is 5.21 Å². The third-order valence-electron chi connectivity index (χ3n) is 4.59. The lowest BCUT2D eigenvalue weighted by Gasteiger charge is -2.34. The first-order valence-corrected chi connectivity index (χ1v) is 9.72. The first-order valence-electron chi connectivity index (χ1n) is 8.36. The Labute approximate surface area is 149 Å². The van der Waals surface area contributed by atoms with Gasteiger partial charge in [-0.3, -0.25) is 0 Å². The van der Waals surface area contributed by atoms with Gasteiger partial charge in [0.25, 0.3) is 0 Å². The summed E-state index contributed by atoms with van der Waals surface area (Å²) in [5.74, 6) is 0.775. The van der Waals surface area contributed by atoms with Gasteiger partial charge in [0.1, 0.15) is 0 Å². The Morgan fingerprint density at radius 2 is 2.17 bits per heavy atom. The monoisotopic (exact) mass is 351 g/mol. The van der Waals surface area contributed by atoms with Crippen LogP contribution in [-0.4, -0.2) is 22.0 Å². The molecule has 126 valence electrons. The standard InChI is InChI=1S/C19H26ClNOS/c1-16(14-20)19(15-21-22,23-18-11-3-2-4-12-18)13-7-10-17-8-5-6-9-17/h2-4,8,11-12,15-16,22H,5-7,9-10,13-14H2,1H3/b21-15+/t16-,19?/m1/s1. The molecule has 2 atom stereocenters. The molecule has 0 aliphatic heterocycles. The molecule has 1 aromatic carbocycles. The molecule has 0 saturated carbocycles. The summed E-state index contributed by atoms with van der Waals surface area (Å²) in [6.45, 7) is 2.14. The SMILES string of the molecule is C[C@H](CCl)C(/C=N/O)(CCCC1=CCCC1)Sc1ccccc1. The molecular weight excluding hydrogens is 326 g/mol. The number of allylic oxidation sites excluding steroid dienone is 2. The van der Waals surface area contributed by atoms with Crippen LogP contribution in [0.25, 0.3) is 0 Å². The lowest BCUT2D eigenvalue weighted by molar-refractivity contribution is 0.316.